The van der Waals surface area contributed by atoms with Crippen LogP contribution in [0.15, 0.2) is 18.2 Å². The minimum Gasteiger partial charge on any atom is -0.493 e. The molecule has 1 aliphatic rings. The van der Waals surface area contributed by atoms with E-state index in [0.29, 0.717) is 25.2 Å². The molecule has 0 radical (unpaired) electrons. The number of nitrogens with one attached hydrogen (secondary N) is 1. The van der Waals surface area contributed by atoms with Crippen LogP contribution in [-0.4, -0.2) is 31.5 Å². The van der Waals surface area contributed by atoms with Crippen LogP contribution in [0, 0.1) is 5.92 Å². The smallest absolute Gasteiger partial charge is 0.161 e. The third kappa shape index (κ3) is 4.61. The van der Waals surface area contributed by atoms with Crippen LogP contribution < -0.4 is 14.8 Å². The molecule has 0 atom stereocenters. The van der Waals surface area contributed by atoms with Crippen molar-refractivity contribution in [3.05, 3.63) is 23.8 Å². The topological polar surface area (TPSA) is 50.7 Å². The van der Waals surface area contributed by atoms with Gasteiger partial charge in [0.2, 0.25) is 0 Å². The summed E-state index contributed by atoms with van der Waals surface area (Å²) < 4.78 is 10.9. The first kappa shape index (κ1) is 16.1. The number of hydrogen-bond acceptors (Lipinski definition) is 4. The Morgan fingerprint density at radius 1 is 1.19 bits per heavy atom. The normalized spacial score (nSPS) is 22.0. The molecule has 0 unspecified atom stereocenters. The van der Waals surface area contributed by atoms with Gasteiger partial charge < -0.3 is 19.9 Å². The fraction of sp³-hybridized carbons (Fsp3) is 0.647. The molecule has 4 nitrogen and oxygen atoms in total. The number of methoxy groups -OCH3 is 1. The number of benzene rings is 1. The Morgan fingerprint density at radius 3 is 2.57 bits per heavy atom. The molecular weight excluding hydrogens is 266 g/mol. The van der Waals surface area contributed by atoms with Crippen LogP contribution in [0.4, 0.5) is 0 Å². The van der Waals surface area contributed by atoms with E-state index in [1.54, 1.807) is 7.11 Å². The van der Waals surface area contributed by atoms with Gasteiger partial charge in [-0.15, -0.1) is 0 Å². The summed E-state index contributed by atoms with van der Waals surface area (Å²) in [6.07, 6.45) is 4.56. The summed E-state index contributed by atoms with van der Waals surface area (Å²) in [7, 11) is 1.67. The lowest BCUT2D eigenvalue weighted by molar-refractivity contribution is 0.175. The van der Waals surface area contributed by atoms with Gasteiger partial charge in [-0.05, 0) is 56.2 Å². The molecule has 1 aromatic carbocycles. The first-order valence-electron chi connectivity index (χ1n) is 7.90. The maximum atomic E-state index is 9.17. The van der Waals surface area contributed by atoms with Crippen LogP contribution in [-0.2, 0) is 6.54 Å². The highest BCUT2D eigenvalue weighted by Crippen LogP contribution is 2.28. The summed E-state index contributed by atoms with van der Waals surface area (Å²) in [5.41, 5.74) is 1.21. The van der Waals surface area contributed by atoms with Gasteiger partial charge in [0.25, 0.3) is 0 Å². The largest absolute Gasteiger partial charge is 0.493 e. The number of rotatable bonds is 7. The minimum absolute atomic E-state index is 0.336. The van der Waals surface area contributed by atoms with Crippen molar-refractivity contribution in [1.29, 1.82) is 0 Å². The quantitative estimate of drug-likeness (QED) is 0.811. The lowest BCUT2D eigenvalue weighted by atomic mass is 9.86. The molecule has 2 rings (SSSR count). The van der Waals surface area contributed by atoms with Gasteiger partial charge in [-0.25, -0.2) is 0 Å². The van der Waals surface area contributed by atoms with Gasteiger partial charge in [0.15, 0.2) is 11.5 Å². The molecule has 0 heterocycles. The van der Waals surface area contributed by atoms with Crippen LogP contribution in [0.25, 0.3) is 0 Å². The Morgan fingerprint density at radius 2 is 1.95 bits per heavy atom. The molecule has 2 N–H and O–H groups in total. The maximum absolute atomic E-state index is 9.17. The van der Waals surface area contributed by atoms with Gasteiger partial charge in [0.1, 0.15) is 0 Å². The standard InChI is InChI=1S/C17H27NO3/c1-3-21-16-9-6-14(10-17(16)20-2)11-18-15-7-4-13(12-19)5-8-15/h6,9-10,13,15,18-19H,3-5,7-8,11-12H2,1-2H3. The van der Waals surface area contributed by atoms with E-state index in [1.807, 2.05) is 19.1 Å². The van der Waals surface area contributed by atoms with Crippen LogP contribution in [0.5, 0.6) is 11.5 Å². The van der Waals surface area contributed by atoms with E-state index in [2.05, 4.69) is 11.4 Å². The second-order valence-corrected chi connectivity index (χ2v) is 5.70. The number of ether oxygens (including phenoxy) is 2. The van der Waals surface area contributed by atoms with E-state index in [0.717, 1.165) is 43.7 Å². The molecule has 1 aliphatic carbocycles. The van der Waals surface area contributed by atoms with E-state index in [4.69, 9.17) is 14.6 Å². The lowest BCUT2D eigenvalue weighted by Gasteiger charge is -2.28. The first-order valence-corrected chi connectivity index (χ1v) is 7.90. The van der Waals surface area contributed by atoms with Crippen molar-refractivity contribution in [2.45, 2.75) is 45.2 Å². The Bertz CT molecular complexity index is 428. The average Bonchev–Trinajstić information content (AvgIpc) is 2.54. The Balaban J connectivity index is 1.86. The molecule has 21 heavy (non-hydrogen) atoms. The van der Waals surface area contributed by atoms with Crippen molar-refractivity contribution in [3.8, 4) is 11.5 Å². The maximum Gasteiger partial charge on any atom is 0.161 e. The zero-order valence-electron chi connectivity index (χ0n) is 13.1. The van der Waals surface area contributed by atoms with Gasteiger partial charge in [-0.1, -0.05) is 6.07 Å². The van der Waals surface area contributed by atoms with Crippen molar-refractivity contribution in [3.63, 3.8) is 0 Å². The molecule has 0 spiro atoms. The highest BCUT2D eigenvalue weighted by atomic mass is 16.5. The van der Waals surface area contributed by atoms with Crippen LogP contribution in [0.1, 0.15) is 38.2 Å². The van der Waals surface area contributed by atoms with Crippen molar-refractivity contribution in [2.24, 2.45) is 5.92 Å². The molecule has 1 saturated carbocycles. The van der Waals surface area contributed by atoms with Crippen molar-refractivity contribution in [1.82, 2.24) is 5.32 Å². The predicted octanol–water partition coefficient (Wildman–Crippen LogP) is 2.73. The number of aliphatic hydroxyl groups excluding tert-OH is 1. The molecule has 118 valence electrons. The SMILES string of the molecule is CCOc1ccc(CNC2CCC(CO)CC2)cc1OC. The monoisotopic (exact) mass is 293 g/mol. The van der Waals surface area contributed by atoms with E-state index < -0.39 is 0 Å². The second kappa shape index (κ2) is 8.25. The molecule has 1 aromatic rings. The zero-order chi connectivity index (χ0) is 15.1. The van der Waals surface area contributed by atoms with Gasteiger partial charge in [0.05, 0.1) is 13.7 Å². The van der Waals surface area contributed by atoms with Gasteiger partial charge >= 0.3 is 0 Å². The molecule has 0 aliphatic heterocycles. The van der Waals surface area contributed by atoms with E-state index in [1.165, 1.54) is 5.56 Å². The van der Waals surface area contributed by atoms with E-state index in [9.17, 15) is 0 Å². The average molecular weight is 293 g/mol. The molecule has 0 aromatic heterocycles. The fourth-order valence-electron chi connectivity index (χ4n) is 2.91. The van der Waals surface area contributed by atoms with Gasteiger partial charge in [-0.2, -0.15) is 0 Å². The van der Waals surface area contributed by atoms with E-state index >= 15 is 0 Å². The number of aliphatic hydroxyl groups is 1. The molecule has 0 saturated heterocycles. The first-order chi connectivity index (χ1) is 10.3. The summed E-state index contributed by atoms with van der Waals surface area (Å²) >= 11 is 0. The Hall–Kier alpha value is -1.26. The predicted molar refractivity (Wildman–Crippen MR) is 83.8 cm³/mol. The molecule has 4 heteroatoms. The van der Waals surface area contributed by atoms with Gasteiger partial charge in [0, 0.05) is 19.2 Å². The Labute approximate surface area is 127 Å². The highest BCUT2D eigenvalue weighted by Gasteiger charge is 2.20. The molecule has 1 fully saturated rings. The summed E-state index contributed by atoms with van der Waals surface area (Å²) in [6, 6.07) is 6.66. The summed E-state index contributed by atoms with van der Waals surface area (Å²) in [6.45, 7) is 3.79. The summed E-state index contributed by atoms with van der Waals surface area (Å²) in [4.78, 5) is 0. The summed E-state index contributed by atoms with van der Waals surface area (Å²) in [5.74, 6) is 2.10. The zero-order valence-corrected chi connectivity index (χ0v) is 13.1. The molecule has 0 bridgehead atoms. The van der Waals surface area contributed by atoms with E-state index in [-0.39, 0.29) is 0 Å². The fourth-order valence-corrected chi connectivity index (χ4v) is 2.91. The second-order valence-electron chi connectivity index (χ2n) is 5.70. The van der Waals surface area contributed by atoms with Crippen molar-refractivity contribution in [2.75, 3.05) is 20.3 Å². The van der Waals surface area contributed by atoms with Crippen molar-refractivity contribution < 1.29 is 14.6 Å². The Kier molecular flexibility index (Phi) is 6.33. The minimum atomic E-state index is 0.336. The van der Waals surface area contributed by atoms with Crippen molar-refractivity contribution >= 4 is 0 Å². The lowest BCUT2D eigenvalue weighted by Crippen LogP contribution is -2.33. The molecular formula is C17H27NO3. The molecule has 0 amide bonds. The highest BCUT2D eigenvalue weighted by molar-refractivity contribution is 5.42. The number of hydrogen-bond donors (Lipinski definition) is 2. The van der Waals surface area contributed by atoms with Crippen LogP contribution >= 0.6 is 0 Å². The van der Waals surface area contributed by atoms with Crippen LogP contribution in [0.3, 0.4) is 0 Å². The van der Waals surface area contributed by atoms with Crippen LogP contribution in [0.2, 0.25) is 0 Å². The summed E-state index contributed by atoms with van der Waals surface area (Å²) in [5, 5.41) is 12.8. The third-order valence-electron chi connectivity index (χ3n) is 4.23. The third-order valence-corrected chi connectivity index (χ3v) is 4.23. The van der Waals surface area contributed by atoms with Gasteiger partial charge in [-0.3, -0.25) is 0 Å².